The number of aromatic nitrogens is 4. The molecule has 0 saturated heterocycles. The summed E-state index contributed by atoms with van der Waals surface area (Å²) in [5.74, 6) is 3.33. The Bertz CT molecular complexity index is 1210. The molecule has 0 spiro atoms. The molecule has 0 atom stereocenters. The third kappa shape index (κ3) is 3.66. The maximum absolute atomic E-state index is 5.54. The molecule has 2 aromatic carbocycles. The Morgan fingerprint density at radius 2 is 1.41 bits per heavy atom. The first-order chi connectivity index (χ1) is 15.6. The highest BCUT2D eigenvalue weighted by Gasteiger charge is 2.21. The van der Waals surface area contributed by atoms with Crippen molar-refractivity contribution in [1.29, 1.82) is 0 Å². The van der Waals surface area contributed by atoms with Crippen LogP contribution in [0.1, 0.15) is 0 Å². The van der Waals surface area contributed by atoms with Crippen molar-refractivity contribution in [3.63, 3.8) is 0 Å². The number of ether oxygens (including phenoxy) is 5. The van der Waals surface area contributed by atoms with Gasteiger partial charge in [0.25, 0.3) is 5.89 Å². The Morgan fingerprint density at radius 3 is 2.03 bits per heavy atom. The van der Waals surface area contributed by atoms with Crippen LogP contribution in [0.3, 0.4) is 0 Å². The van der Waals surface area contributed by atoms with Crippen molar-refractivity contribution < 1.29 is 28.2 Å². The summed E-state index contributed by atoms with van der Waals surface area (Å²) in [7, 11) is 7.80. The van der Waals surface area contributed by atoms with Gasteiger partial charge in [0.2, 0.25) is 11.6 Å². The second-order valence-corrected chi connectivity index (χ2v) is 6.57. The zero-order valence-electron chi connectivity index (χ0n) is 18.3. The first-order valence-electron chi connectivity index (χ1n) is 9.53. The van der Waals surface area contributed by atoms with E-state index >= 15 is 0 Å². The molecule has 2 heterocycles. The Labute approximate surface area is 184 Å². The fraction of sp³-hybridized carbons (Fsp3) is 0.227. The van der Waals surface area contributed by atoms with Gasteiger partial charge < -0.3 is 28.2 Å². The number of benzene rings is 2. The lowest BCUT2D eigenvalue weighted by molar-refractivity contribution is 0.324. The monoisotopic (exact) mass is 438 g/mol. The molecule has 0 aliphatic carbocycles. The number of aromatic amines is 1. The summed E-state index contributed by atoms with van der Waals surface area (Å²) in [6, 6.07) is 9.04. The summed E-state index contributed by atoms with van der Waals surface area (Å²) in [4.78, 5) is 4.55. The van der Waals surface area contributed by atoms with Crippen LogP contribution in [0.25, 0.3) is 34.1 Å². The summed E-state index contributed by atoms with van der Waals surface area (Å²) in [5.41, 5.74) is 2.81. The summed E-state index contributed by atoms with van der Waals surface area (Å²) in [5, 5.41) is 11.3. The molecule has 0 saturated carbocycles. The first kappa shape index (κ1) is 21.0. The Balaban J connectivity index is 1.73. The average Bonchev–Trinajstić information content (AvgIpc) is 3.52. The van der Waals surface area contributed by atoms with Gasteiger partial charge in [0.1, 0.15) is 0 Å². The molecule has 0 bridgehead atoms. The first-order valence-corrected chi connectivity index (χ1v) is 9.53. The van der Waals surface area contributed by atoms with Gasteiger partial charge in [0.15, 0.2) is 23.0 Å². The lowest BCUT2D eigenvalue weighted by Gasteiger charge is -2.12. The van der Waals surface area contributed by atoms with Crippen LogP contribution in [0, 0.1) is 0 Å². The normalized spacial score (nSPS) is 10.7. The highest BCUT2D eigenvalue weighted by atomic mass is 16.5. The lowest BCUT2D eigenvalue weighted by Crippen LogP contribution is -1.96. The SMILES string of the molecule is COc1ccc(-c2[nH]ncc2-c2nc(-c3cc(OC)c(OC)c(OC)c3)no2)cc1OC. The molecular formula is C22H22N4O6. The second-order valence-electron chi connectivity index (χ2n) is 6.57. The molecule has 2 aromatic heterocycles. The third-order valence-electron chi connectivity index (χ3n) is 4.89. The predicted molar refractivity (Wildman–Crippen MR) is 116 cm³/mol. The number of rotatable bonds is 8. The molecule has 0 unspecified atom stereocenters. The van der Waals surface area contributed by atoms with Gasteiger partial charge in [-0.15, -0.1) is 0 Å². The maximum atomic E-state index is 5.54. The van der Waals surface area contributed by atoms with Crippen LogP contribution in [-0.4, -0.2) is 55.9 Å². The molecule has 0 radical (unpaired) electrons. The number of nitrogens with one attached hydrogen (secondary N) is 1. The van der Waals surface area contributed by atoms with Crippen molar-refractivity contribution in [2.75, 3.05) is 35.5 Å². The quantitative estimate of drug-likeness (QED) is 0.438. The molecule has 0 amide bonds. The van der Waals surface area contributed by atoms with Crippen LogP contribution >= 0.6 is 0 Å². The molecule has 1 N–H and O–H groups in total. The van der Waals surface area contributed by atoms with E-state index in [1.165, 1.54) is 0 Å². The molecular weight excluding hydrogens is 416 g/mol. The van der Waals surface area contributed by atoms with Gasteiger partial charge in [-0.3, -0.25) is 5.10 Å². The molecule has 0 aliphatic heterocycles. The molecule has 0 fully saturated rings. The van der Waals surface area contributed by atoms with Crippen molar-refractivity contribution in [2.45, 2.75) is 0 Å². The van der Waals surface area contributed by atoms with Crippen molar-refractivity contribution in [1.82, 2.24) is 20.3 Å². The van der Waals surface area contributed by atoms with E-state index in [-0.39, 0.29) is 0 Å². The van der Waals surface area contributed by atoms with Crippen LogP contribution in [0.2, 0.25) is 0 Å². The summed E-state index contributed by atoms with van der Waals surface area (Å²) >= 11 is 0. The largest absolute Gasteiger partial charge is 0.493 e. The van der Waals surface area contributed by atoms with E-state index in [9.17, 15) is 0 Å². The number of nitrogens with zero attached hydrogens (tertiary/aromatic N) is 3. The third-order valence-corrected chi connectivity index (χ3v) is 4.89. The number of methoxy groups -OCH3 is 5. The smallest absolute Gasteiger partial charge is 0.262 e. The van der Waals surface area contributed by atoms with Gasteiger partial charge >= 0.3 is 0 Å². The van der Waals surface area contributed by atoms with E-state index in [2.05, 4.69) is 20.3 Å². The van der Waals surface area contributed by atoms with Crippen molar-refractivity contribution in [3.8, 4) is 62.8 Å². The van der Waals surface area contributed by atoms with Crippen LogP contribution in [-0.2, 0) is 0 Å². The van der Waals surface area contributed by atoms with Crippen LogP contribution in [0.4, 0.5) is 0 Å². The summed E-state index contributed by atoms with van der Waals surface area (Å²) in [6.07, 6.45) is 1.62. The van der Waals surface area contributed by atoms with Gasteiger partial charge in [-0.2, -0.15) is 10.1 Å². The molecule has 10 heteroatoms. The van der Waals surface area contributed by atoms with E-state index in [0.29, 0.717) is 57.3 Å². The lowest BCUT2D eigenvalue weighted by atomic mass is 10.1. The molecule has 4 aromatic rings. The fourth-order valence-electron chi connectivity index (χ4n) is 3.32. The van der Waals surface area contributed by atoms with E-state index < -0.39 is 0 Å². The average molecular weight is 438 g/mol. The zero-order valence-corrected chi connectivity index (χ0v) is 18.3. The van der Waals surface area contributed by atoms with Crippen molar-refractivity contribution >= 4 is 0 Å². The topological polar surface area (TPSA) is 114 Å². The minimum atomic E-state index is 0.298. The minimum absolute atomic E-state index is 0.298. The fourth-order valence-corrected chi connectivity index (χ4v) is 3.32. The molecule has 166 valence electrons. The summed E-state index contributed by atoms with van der Waals surface area (Å²) < 4.78 is 32.4. The standard InChI is InChI=1S/C22H22N4O6/c1-27-15-7-6-12(8-16(15)28-2)19-14(11-23-25-19)22-24-21(26-32-22)13-9-17(29-3)20(31-5)18(10-13)30-4/h6-11H,1-5H3,(H,23,25). The molecule has 0 aliphatic rings. The van der Waals surface area contributed by atoms with Crippen LogP contribution in [0.15, 0.2) is 41.1 Å². The van der Waals surface area contributed by atoms with Gasteiger partial charge in [-0.1, -0.05) is 5.16 Å². The van der Waals surface area contributed by atoms with Gasteiger partial charge in [-0.05, 0) is 30.3 Å². The highest BCUT2D eigenvalue weighted by molar-refractivity contribution is 5.78. The minimum Gasteiger partial charge on any atom is -0.493 e. The van der Waals surface area contributed by atoms with Crippen LogP contribution in [0.5, 0.6) is 28.7 Å². The van der Waals surface area contributed by atoms with Gasteiger partial charge in [-0.25, -0.2) is 0 Å². The zero-order chi connectivity index (χ0) is 22.7. The van der Waals surface area contributed by atoms with E-state index in [1.54, 1.807) is 53.9 Å². The maximum Gasteiger partial charge on any atom is 0.262 e. The number of H-pyrrole nitrogens is 1. The van der Waals surface area contributed by atoms with Gasteiger partial charge in [0.05, 0.1) is 53.0 Å². The Morgan fingerprint density at radius 1 is 0.750 bits per heavy atom. The number of hydrogen-bond donors (Lipinski definition) is 1. The highest BCUT2D eigenvalue weighted by Crippen LogP contribution is 2.41. The van der Waals surface area contributed by atoms with Crippen molar-refractivity contribution in [2.24, 2.45) is 0 Å². The van der Waals surface area contributed by atoms with E-state index in [1.807, 2.05) is 18.2 Å². The molecule has 32 heavy (non-hydrogen) atoms. The predicted octanol–water partition coefficient (Wildman–Crippen LogP) is 3.84. The van der Waals surface area contributed by atoms with Crippen molar-refractivity contribution in [3.05, 3.63) is 36.5 Å². The van der Waals surface area contributed by atoms with E-state index in [0.717, 1.165) is 5.56 Å². The van der Waals surface area contributed by atoms with Crippen LogP contribution < -0.4 is 23.7 Å². The Hall–Kier alpha value is -4.21. The van der Waals surface area contributed by atoms with E-state index in [4.69, 9.17) is 28.2 Å². The number of hydrogen-bond acceptors (Lipinski definition) is 9. The second kappa shape index (κ2) is 8.88. The molecule has 4 rings (SSSR count). The molecule has 10 nitrogen and oxygen atoms in total. The van der Waals surface area contributed by atoms with Gasteiger partial charge in [0, 0.05) is 11.1 Å². The Kier molecular flexibility index (Phi) is 5.84. The summed E-state index contributed by atoms with van der Waals surface area (Å²) in [6.45, 7) is 0.